The second-order valence-electron chi connectivity index (χ2n) is 15.5. The van der Waals surface area contributed by atoms with Crippen LogP contribution in [-0.4, -0.2) is 19.5 Å². The molecule has 4 aromatic heterocycles. The van der Waals surface area contributed by atoms with Crippen LogP contribution in [-0.2, 0) is 26.5 Å². The molecule has 0 aliphatic rings. The maximum absolute atomic E-state index is 12.6. The molecular weight excluding hydrogens is 854 g/mol. The minimum atomic E-state index is -0.129. The summed E-state index contributed by atoms with van der Waals surface area (Å²) >= 11 is 0. The first-order valence-electron chi connectivity index (χ1n) is 18.5. The molecule has 0 saturated heterocycles. The van der Waals surface area contributed by atoms with Crippen LogP contribution in [0, 0.1) is 6.07 Å². The van der Waals surface area contributed by atoms with Crippen molar-refractivity contribution in [3.05, 3.63) is 157 Å². The SMILES string of the molecule is CC(C)(C)c1cc(-c2cc(-c3ccccc3)ccn2)[c-]c(-c2ccc3c4ccccc4c4cc5c(c(O)c4c3n2)c2cccc3c4ccccc4n5c32)c1.[Pt]. The monoisotopic (exact) mass is 887 g/mol. The van der Waals surface area contributed by atoms with Crippen LogP contribution in [0.2, 0.25) is 0 Å². The van der Waals surface area contributed by atoms with Gasteiger partial charge < -0.3 is 9.51 Å². The molecule has 0 amide bonds. The largest absolute Gasteiger partial charge is 0.506 e. The second-order valence-corrected chi connectivity index (χ2v) is 15.5. The summed E-state index contributed by atoms with van der Waals surface area (Å²) in [4.78, 5) is 10.3. The molecule has 0 saturated carbocycles. The van der Waals surface area contributed by atoms with Gasteiger partial charge in [0.25, 0.3) is 0 Å². The average molecular weight is 888 g/mol. The van der Waals surface area contributed by atoms with Crippen molar-refractivity contribution in [2.24, 2.45) is 0 Å². The number of nitrogens with zero attached hydrogens (tertiary/aromatic N) is 3. The normalized spacial score (nSPS) is 12.2. The molecular formula is C50H34N3OPt-. The standard InChI is InChI=1S/C50H34N3O.Pt/c1-50(2,3)33-25-31(24-32(26-33)42-27-30(22-23-51-42)29-12-5-4-6-13-29)41-21-20-37-34-14-7-8-15-35(34)40-28-44-45(49(54)46(40)47(37)52-41)39-18-11-17-38-36-16-9-10-19-43(36)53(44)48(38)39;/h4-23,25-28,54H,1-3H3;/q-1;. The average Bonchev–Trinajstić information content (AvgIpc) is 3.73. The quantitative estimate of drug-likeness (QED) is 0.142. The van der Waals surface area contributed by atoms with E-state index < -0.39 is 0 Å². The first-order chi connectivity index (χ1) is 26.3. The molecule has 0 aliphatic heterocycles. The molecule has 4 nitrogen and oxygen atoms in total. The summed E-state index contributed by atoms with van der Waals surface area (Å²) in [7, 11) is 0. The number of hydrogen-bond donors (Lipinski definition) is 1. The number of phenolic OH excluding ortho intramolecular Hbond substituents is 1. The molecule has 0 unspecified atom stereocenters. The number of pyridine rings is 2. The fourth-order valence-electron chi connectivity index (χ4n) is 8.66. The van der Waals surface area contributed by atoms with Crippen molar-refractivity contribution in [2.45, 2.75) is 26.2 Å². The first-order valence-corrected chi connectivity index (χ1v) is 18.5. The summed E-state index contributed by atoms with van der Waals surface area (Å²) in [5, 5.41) is 21.8. The van der Waals surface area contributed by atoms with Crippen molar-refractivity contribution in [3.63, 3.8) is 0 Å². The van der Waals surface area contributed by atoms with Crippen LogP contribution < -0.4 is 0 Å². The molecule has 0 aliphatic carbocycles. The van der Waals surface area contributed by atoms with E-state index in [4.69, 9.17) is 9.97 Å². The summed E-state index contributed by atoms with van der Waals surface area (Å²) in [5.41, 5.74) is 10.8. The van der Waals surface area contributed by atoms with E-state index in [9.17, 15) is 5.11 Å². The van der Waals surface area contributed by atoms with Crippen molar-refractivity contribution < 1.29 is 26.2 Å². The predicted molar refractivity (Wildman–Crippen MR) is 225 cm³/mol. The topological polar surface area (TPSA) is 50.4 Å². The van der Waals surface area contributed by atoms with Crippen molar-refractivity contribution >= 4 is 70.5 Å². The molecule has 0 atom stereocenters. The van der Waals surface area contributed by atoms with Gasteiger partial charge >= 0.3 is 0 Å². The Labute approximate surface area is 332 Å². The zero-order valence-electron chi connectivity index (χ0n) is 30.5. The molecule has 55 heavy (non-hydrogen) atoms. The van der Waals surface area contributed by atoms with Crippen molar-refractivity contribution in [3.8, 4) is 39.4 Å². The van der Waals surface area contributed by atoms with Gasteiger partial charge in [-0.05, 0) is 50.9 Å². The van der Waals surface area contributed by atoms with Gasteiger partial charge in [0.2, 0.25) is 0 Å². The van der Waals surface area contributed by atoms with E-state index in [0.717, 1.165) is 93.4 Å². The number of fused-ring (bicyclic) bond motifs is 12. The fraction of sp³-hybridized carbons (Fsp3) is 0.0800. The molecule has 5 heteroatoms. The van der Waals surface area contributed by atoms with Crippen molar-refractivity contribution in [2.75, 3.05) is 0 Å². The molecule has 0 spiro atoms. The van der Waals surface area contributed by atoms with Crippen LogP contribution >= 0.6 is 0 Å². The summed E-state index contributed by atoms with van der Waals surface area (Å²) in [6.45, 7) is 6.70. The third kappa shape index (κ3) is 4.94. The van der Waals surface area contributed by atoms with Gasteiger partial charge in [0.1, 0.15) is 5.75 Å². The molecule has 1 N–H and O–H groups in total. The zero-order chi connectivity index (χ0) is 36.3. The Balaban J connectivity index is 0.00000372. The predicted octanol–water partition coefficient (Wildman–Crippen LogP) is 12.9. The number of para-hydroxylation sites is 2. The van der Waals surface area contributed by atoms with Crippen LogP contribution in [0.1, 0.15) is 26.3 Å². The summed E-state index contributed by atoms with van der Waals surface area (Å²) in [5.74, 6) is 0.262. The molecule has 0 bridgehead atoms. The molecule has 0 fully saturated rings. The number of benzene rings is 7. The van der Waals surface area contributed by atoms with E-state index in [1.807, 2.05) is 12.3 Å². The van der Waals surface area contributed by atoms with E-state index in [-0.39, 0.29) is 32.2 Å². The maximum atomic E-state index is 12.6. The van der Waals surface area contributed by atoms with E-state index in [2.05, 4.69) is 165 Å². The Hall–Kier alpha value is -6.09. The van der Waals surface area contributed by atoms with Crippen LogP contribution in [0.25, 0.3) is 104 Å². The van der Waals surface area contributed by atoms with Crippen molar-refractivity contribution in [1.29, 1.82) is 0 Å². The molecule has 11 aromatic rings. The zero-order valence-corrected chi connectivity index (χ0v) is 32.7. The van der Waals surface area contributed by atoms with Gasteiger partial charge in [-0.15, -0.1) is 23.8 Å². The van der Waals surface area contributed by atoms with Crippen LogP contribution in [0.15, 0.2) is 146 Å². The Morgan fingerprint density at radius 3 is 2.00 bits per heavy atom. The van der Waals surface area contributed by atoms with Crippen LogP contribution in [0.3, 0.4) is 0 Å². The van der Waals surface area contributed by atoms with Gasteiger partial charge in [-0.3, -0.25) is 9.97 Å². The van der Waals surface area contributed by atoms with Gasteiger partial charge in [0, 0.05) is 60.2 Å². The van der Waals surface area contributed by atoms with Crippen LogP contribution in [0.5, 0.6) is 5.75 Å². The second kappa shape index (κ2) is 12.2. The molecule has 4 heterocycles. The number of rotatable bonds is 3. The summed E-state index contributed by atoms with van der Waals surface area (Å²) < 4.78 is 2.33. The van der Waals surface area contributed by atoms with Gasteiger partial charge in [-0.2, -0.15) is 0 Å². The van der Waals surface area contributed by atoms with Crippen LogP contribution in [0.4, 0.5) is 0 Å². The minimum Gasteiger partial charge on any atom is -0.506 e. The number of aromatic nitrogens is 3. The first kappa shape index (κ1) is 33.5. The van der Waals surface area contributed by atoms with E-state index >= 15 is 0 Å². The maximum Gasteiger partial charge on any atom is 0.135 e. The molecule has 0 radical (unpaired) electrons. The number of aromatic hydroxyl groups is 1. The van der Waals surface area contributed by atoms with E-state index in [0.29, 0.717) is 0 Å². The Morgan fingerprint density at radius 1 is 0.545 bits per heavy atom. The summed E-state index contributed by atoms with van der Waals surface area (Å²) in [6, 6.07) is 52.7. The minimum absolute atomic E-state index is 0. The summed E-state index contributed by atoms with van der Waals surface area (Å²) in [6.07, 6.45) is 1.88. The third-order valence-corrected chi connectivity index (χ3v) is 11.3. The Bertz CT molecular complexity index is 3320. The van der Waals surface area contributed by atoms with Gasteiger partial charge in [0.15, 0.2) is 0 Å². The Kier molecular flexibility index (Phi) is 7.43. The van der Waals surface area contributed by atoms with E-state index in [1.165, 1.54) is 16.3 Å². The smallest absolute Gasteiger partial charge is 0.135 e. The third-order valence-electron chi connectivity index (χ3n) is 11.3. The Morgan fingerprint density at radius 2 is 1.22 bits per heavy atom. The molecule has 266 valence electrons. The number of hydrogen-bond acceptors (Lipinski definition) is 3. The van der Waals surface area contributed by atoms with Gasteiger partial charge in [0.05, 0.1) is 32.8 Å². The fourth-order valence-corrected chi connectivity index (χ4v) is 8.66. The van der Waals surface area contributed by atoms with Gasteiger partial charge in [-0.25, -0.2) is 0 Å². The molecule has 7 aromatic carbocycles. The van der Waals surface area contributed by atoms with Gasteiger partial charge in [-0.1, -0.05) is 141 Å². The molecule has 11 rings (SSSR count). The number of phenols is 1. The van der Waals surface area contributed by atoms with Crippen molar-refractivity contribution in [1.82, 2.24) is 14.4 Å². The van der Waals surface area contributed by atoms with E-state index in [1.54, 1.807) is 0 Å².